The van der Waals surface area contributed by atoms with E-state index in [4.69, 9.17) is 9.47 Å². The van der Waals surface area contributed by atoms with Gasteiger partial charge in [-0.3, -0.25) is 4.79 Å². The van der Waals surface area contributed by atoms with Gasteiger partial charge < -0.3 is 19.3 Å². The Morgan fingerprint density at radius 1 is 1.41 bits per heavy atom. The summed E-state index contributed by atoms with van der Waals surface area (Å²) in [5, 5.41) is 0.920. The van der Waals surface area contributed by atoms with Gasteiger partial charge in [0, 0.05) is 51.2 Å². The van der Waals surface area contributed by atoms with Gasteiger partial charge >= 0.3 is 0 Å². The summed E-state index contributed by atoms with van der Waals surface area (Å²) in [6.07, 6.45) is 1.63. The zero-order valence-electron chi connectivity index (χ0n) is 12.9. The largest absolute Gasteiger partial charge is 0.384 e. The zero-order chi connectivity index (χ0) is 15.4. The molecule has 3 heterocycles. The minimum atomic E-state index is 0.0735. The summed E-state index contributed by atoms with van der Waals surface area (Å²) in [6.45, 7) is 5.00. The molecule has 0 spiro atoms. The maximum atomic E-state index is 12.5. The van der Waals surface area contributed by atoms with Crippen LogP contribution in [0, 0.1) is 5.92 Å². The van der Waals surface area contributed by atoms with Crippen LogP contribution in [0.3, 0.4) is 0 Å². The third kappa shape index (κ3) is 3.56. The van der Waals surface area contributed by atoms with Crippen LogP contribution in [0.15, 0.2) is 0 Å². The molecule has 3 rings (SSSR count). The third-order valence-electron chi connectivity index (χ3n) is 4.12. The minimum absolute atomic E-state index is 0.0735. The maximum absolute atomic E-state index is 12.5. The highest BCUT2D eigenvalue weighted by Gasteiger charge is 2.33. The van der Waals surface area contributed by atoms with Gasteiger partial charge in [-0.1, -0.05) is 0 Å². The average molecular weight is 326 g/mol. The Hall–Kier alpha value is -1.25. The second-order valence-electron chi connectivity index (χ2n) is 5.61. The van der Waals surface area contributed by atoms with E-state index >= 15 is 0 Å². The number of anilines is 1. The molecule has 1 unspecified atom stereocenters. The van der Waals surface area contributed by atoms with Crippen molar-refractivity contribution in [1.82, 2.24) is 14.3 Å². The number of methoxy groups -OCH3 is 1. The van der Waals surface area contributed by atoms with E-state index in [-0.39, 0.29) is 11.8 Å². The Balaban J connectivity index is 1.55. The summed E-state index contributed by atoms with van der Waals surface area (Å²) >= 11 is 1.41. The van der Waals surface area contributed by atoms with Crippen molar-refractivity contribution in [2.45, 2.75) is 12.8 Å². The molecule has 7 nitrogen and oxygen atoms in total. The van der Waals surface area contributed by atoms with Crippen molar-refractivity contribution in [1.29, 1.82) is 0 Å². The first kappa shape index (κ1) is 15.6. The van der Waals surface area contributed by atoms with Crippen molar-refractivity contribution < 1.29 is 14.3 Å². The molecule has 0 N–H and O–H groups in total. The number of carbonyl (C=O) groups is 1. The molecule has 1 atom stereocenters. The van der Waals surface area contributed by atoms with Crippen LogP contribution in [0.5, 0.6) is 0 Å². The molecule has 122 valence electrons. The monoisotopic (exact) mass is 326 g/mol. The molecular weight excluding hydrogens is 304 g/mol. The smallest absolute Gasteiger partial charge is 0.227 e. The number of amides is 1. The summed E-state index contributed by atoms with van der Waals surface area (Å²) in [5.41, 5.74) is 0. The van der Waals surface area contributed by atoms with Crippen molar-refractivity contribution in [3.8, 4) is 0 Å². The molecule has 22 heavy (non-hydrogen) atoms. The van der Waals surface area contributed by atoms with Crippen molar-refractivity contribution in [3.05, 3.63) is 5.82 Å². The van der Waals surface area contributed by atoms with Crippen LogP contribution < -0.4 is 4.90 Å². The molecule has 0 aliphatic carbocycles. The molecule has 2 aliphatic rings. The molecule has 2 aliphatic heterocycles. The van der Waals surface area contributed by atoms with Gasteiger partial charge in [0.1, 0.15) is 5.82 Å². The molecule has 8 heteroatoms. The van der Waals surface area contributed by atoms with Gasteiger partial charge in [0.05, 0.1) is 25.7 Å². The van der Waals surface area contributed by atoms with Crippen LogP contribution in [-0.2, 0) is 20.7 Å². The molecule has 2 fully saturated rings. The predicted octanol–water partition coefficient (Wildman–Crippen LogP) is 0.412. The molecule has 0 saturated carbocycles. The number of aromatic nitrogens is 2. The molecule has 2 saturated heterocycles. The number of morpholine rings is 1. The lowest BCUT2D eigenvalue weighted by Crippen LogP contribution is -2.44. The quantitative estimate of drug-likeness (QED) is 0.781. The SMILES string of the molecule is COCCc1nsc(N2CCC(C(=O)N3CCOCC3)C2)n1. The van der Waals surface area contributed by atoms with E-state index in [1.807, 2.05) is 4.90 Å². The minimum Gasteiger partial charge on any atom is -0.384 e. The lowest BCUT2D eigenvalue weighted by molar-refractivity contribution is -0.138. The first-order chi connectivity index (χ1) is 10.8. The Kier molecular flexibility index (Phi) is 5.22. The number of nitrogens with zero attached hydrogens (tertiary/aromatic N) is 4. The number of hydrogen-bond acceptors (Lipinski definition) is 7. The van der Waals surface area contributed by atoms with Crippen LogP contribution in [0.2, 0.25) is 0 Å². The maximum Gasteiger partial charge on any atom is 0.227 e. The van der Waals surface area contributed by atoms with E-state index in [1.54, 1.807) is 7.11 Å². The Labute approximate surface area is 134 Å². The Morgan fingerprint density at radius 3 is 3.00 bits per heavy atom. The van der Waals surface area contributed by atoms with E-state index in [1.165, 1.54) is 11.5 Å². The number of hydrogen-bond donors (Lipinski definition) is 0. The molecular formula is C14H22N4O3S. The molecule has 1 aromatic rings. The van der Waals surface area contributed by atoms with E-state index in [2.05, 4.69) is 14.3 Å². The predicted molar refractivity (Wildman–Crippen MR) is 83.2 cm³/mol. The van der Waals surface area contributed by atoms with Gasteiger partial charge in [-0.05, 0) is 6.42 Å². The van der Waals surface area contributed by atoms with E-state index in [0.717, 1.165) is 50.0 Å². The average Bonchev–Trinajstić information content (AvgIpc) is 3.22. The third-order valence-corrected chi connectivity index (χ3v) is 4.93. The van der Waals surface area contributed by atoms with Crippen LogP contribution in [0.1, 0.15) is 12.2 Å². The van der Waals surface area contributed by atoms with Crippen molar-refractivity contribution in [2.75, 3.05) is 58.0 Å². The molecule has 0 radical (unpaired) electrons. The van der Waals surface area contributed by atoms with Gasteiger partial charge in [0.15, 0.2) is 0 Å². The highest BCUT2D eigenvalue weighted by Crippen LogP contribution is 2.26. The fourth-order valence-electron chi connectivity index (χ4n) is 2.85. The number of carbonyl (C=O) groups excluding carboxylic acids is 1. The van der Waals surface area contributed by atoms with Crippen molar-refractivity contribution in [3.63, 3.8) is 0 Å². The fraction of sp³-hybridized carbons (Fsp3) is 0.786. The second kappa shape index (κ2) is 7.34. The second-order valence-corrected chi connectivity index (χ2v) is 6.34. The van der Waals surface area contributed by atoms with Crippen LogP contribution in [0.4, 0.5) is 5.13 Å². The molecule has 1 aromatic heterocycles. The first-order valence-electron chi connectivity index (χ1n) is 7.71. The molecule has 0 bridgehead atoms. The standard InChI is InChI=1S/C14H22N4O3S/c1-20-7-3-12-15-14(22-16-12)18-4-2-11(10-18)13(19)17-5-8-21-9-6-17/h11H,2-10H2,1H3. The topological polar surface area (TPSA) is 67.8 Å². The first-order valence-corrected chi connectivity index (χ1v) is 8.48. The van der Waals surface area contributed by atoms with E-state index in [0.29, 0.717) is 19.8 Å². The van der Waals surface area contributed by atoms with Crippen molar-refractivity contribution in [2.24, 2.45) is 5.92 Å². The highest BCUT2D eigenvalue weighted by molar-refractivity contribution is 7.09. The number of rotatable bonds is 5. The zero-order valence-corrected chi connectivity index (χ0v) is 13.7. The van der Waals surface area contributed by atoms with Crippen LogP contribution >= 0.6 is 11.5 Å². The Bertz CT molecular complexity index is 504. The fourth-order valence-corrected chi connectivity index (χ4v) is 3.59. The number of ether oxygens (including phenoxy) is 2. The summed E-state index contributed by atoms with van der Waals surface area (Å²) < 4.78 is 14.7. The van der Waals surface area contributed by atoms with E-state index < -0.39 is 0 Å². The van der Waals surface area contributed by atoms with Gasteiger partial charge in [0.25, 0.3) is 0 Å². The summed E-state index contributed by atoms with van der Waals surface area (Å²) in [4.78, 5) is 21.2. The van der Waals surface area contributed by atoms with Gasteiger partial charge in [-0.15, -0.1) is 0 Å². The van der Waals surface area contributed by atoms with Gasteiger partial charge in [-0.25, -0.2) is 4.98 Å². The summed E-state index contributed by atoms with van der Waals surface area (Å²) in [6, 6.07) is 0. The van der Waals surface area contributed by atoms with E-state index in [9.17, 15) is 4.79 Å². The summed E-state index contributed by atoms with van der Waals surface area (Å²) in [5.74, 6) is 1.16. The highest BCUT2D eigenvalue weighted by atomic mass is 32.1. The van der Waals surface area contributed by atoms with Gasteiger partial charge in [-0.2, -0.15) is 4.37 Å². The molecule has 0 aromatic carbocycles. The van der Waals surface area contributed by atoms with Crippen LogP contribution in [0.25, 0.3) is 0 Å². The Morgan fingerprint density at radius 2 is 2.23 bits per heavy atom. The molecule has 1 amide bonds. The lowest BCUT2D eigenvalue weighted by atomic mass is 10.1. The van der Waals surface area contributed by atoms with Crippen LogP contribution in [-0.4, -0.2) is 73.3 Å². The van der Waals surface area contributed by atoms with Gasteiger partial charge in [0.2, 0.25) is 11.0 Å². The van der Waals surface area contributed by atoms with Crippen molar-refractivity contribution >= 4 is 22.6 Å². The lowest BCUT2D eigenvalue weighted by Gasteiger charge is -2.29. The normalized spacial score (nSPS) is 22.3. The summed E-state index contributed by atoms with van der Waals surface area (Å²) in [7, 11) is 1.68.